The molecule has 0 radical (unpaired) electrons. The van der Waals surface area contributed by atoms with Gasteiger partial charge in [-0.05, 0) is 6.07 Å². The largest absolute Gasteiger partial charge is 0.395 e. The van der Waals surface area contributed by atoms with Crippen LogP contribution in [0.2, 0.25) is 0 Å². The molecule has 0 aliphatic carbocycles. The van der Waals surface area contributed by atoms with Crippen LogP contribution in [0.4, 0.5) is 5.82 Å². The fourth-order valence-corrected chi connectivity index (χ4v) is 3.11. The van der Waals surface area contributed by atoms with Gasteiger partial charge in [0, 0.05) is 6.20 Å². The van der Waals surface area contributed by atoms with Crippen LogP contribution in [-0.4, -0.2) is 48.9 Å². The topological polar surface area (TPSA) is 122 Å². The van der Waals surface area contributed by atoms with Gasteiger partial charge in [-0.25, -0.2) is 4.79 Å². The lowest BCUT2D eigenvalue weighted by molar-refractivity contribution is 0.0101. The molecule has 0 aromatic carbocycles. The normalized spacial score (nSPS) is 32.9. The molecule has 1 aromatic rings. The van der Waals surface area contributed by atoms with Crippen molar-refractivity contribution >= 4 is 17.6 Å². The van der Waals surface area contributed by atoms with Crippen molar-refractivity contribution in [3.63, 3.8) is 0 Å². The first-order valence-electron chi connectivity index (χ1n) is 5.01. The summed E-state index contributed by atoms with van der Waals surface area (Å²) in [5.41, 5.74) is 4.77. The predicted octanol–water partition coefficient (Wildman–Crippen LogP) is -1.85. The molecule has 1 aliphatic rings. The Kier molecular flexibility index (Phi) is 3.38. The zero-order chi connectivity index (χ0) is 12.6. The van der Waals surface area contributed by atoms with Gasteiger partial charge in [0.05, 0.1) is 18.0 Å². The molecule has 94 valence electrons. The number of rotatable bonds is 2. The SMILES string of the molecule is Nc1ccn([C@H]2S[C@H](CO)[C@@H](O)[C@H]2O)c(=O)n1. The first-order valence-corrected chi connectivity index (χ1v) is 5.96. The van der Waals surface area contributed by atoms with Crippen molar-refractivity contribution in [2.75, 3.05) is 12.3 Å². The number of aromatic nitrogens is 2. The number of thioether (sulfide) groups is 1. The van der Waals surface area contributed by atoms with Crippen molar-refractivity contribution in [2.24, 2.45) is 0 Å². The van der Waals surface area contributed by atoms with E-state index in [1.165, 1.54) is 16.8 Å². The van der Waals surface area contributed by atoms with Crippen LogP contribution in [0.15, 0.2) is 17.1 Å². The van der Waals surface area contributed by atoms with Gasteiger partial charge in [0.1, 0.15) is 17.3 Å². The van der Waals surface area contributed by atoms with Crippen molar-refractivity contribution in [3.05, 3.63) is 22.7 Å². The minimum Gasteiger partial charge on any atom is -0.395 e. The quantitative estimate of drug-likeness (QED) is 0.492. The van der Waals surface area contributed by atoms with E-state index >= 15 is 0 Å². The summed E-state index contributed by atoms with van der Waals surface area (Å²) in [5, 5.41) is 27.3. The van der Waals surface area contributed by atoms with Crippen LogP contribution in [0.5, 0.6) is 0 Å². The summed E-state index contributed by atoms with van der Waals surface area (Å²) in [6, 6.07) is 1.44. The van der Waals surface area contributed by atoms with Gasteiger partial charge in [-0.2, -0.15) is 4.98 Å². The highest BCUT2D eigenvalue weighted by Gasteiger charge is 2.43. The Labute approximate surface area is 101 Å². The van der Waals surface area contributed by atoms with Gasteiger partial charge in [-0.3, -0.25) is 4.57 Å². The molecule has 0 unspecified atom stereocenters. The fraction of sp³-hybridized carbons (Fsp3) is 0.556. The maximum atomic E-state index is 11.6. The lowest BCUT2D eigenvalue weighted by atomic mass is 10.1. The van der Waals surface area contributed by atoms with Crippen LogP contribution < -0.4 is 11.4 Å². The van der Waals surface area contributed by atoms with E-state index in [0.29, 0.717) is 0 Å². The van der Waals surface area contributed by atoms with Gasteiger partial charge in [-0.1, -0.05) is 0 Å². The molecule has 4 atom stereocenters. The van der Waals surface area contributed by atoms with E-state index in [4.69, 9.17) is 10.8 Å². The Balaban J connectivity index is 2.32. The fourth-order valence-electron chi connectivity index (χ4n) is 1.73. The maximum Gasteiger partial charge on any atom is 0.350 e. The summed E-state index contributed by atoms with van der Waals surface area (Å²) in [5.74, 6) is 0.1000. The molecule has 8 heteroatoms. The minimum atomic E-state index is -1.12. The number of nitrogens with two attached hydrogens (primary N) is 1. The van der Waals surface area contributed by atoms with Gasteiger partial charge in [0.25, 0.3) is 0 Å². The predicted molar refractivity (Wildman–Crippen MR) is 62.4 cm³/mol. The average Bonchev–Trinajstić information content (AvgIpc) is 2.57. The molecule has 0 amide bonds. The van der Waals surface area contributed by atoms with Crippen molar-refractivity contribution in [1.29, 1.82) is 0 Å². The Morgan fingerprint density at radius 2 is 2.18 bits per heavy atom. The molecule has 2 rings (SSSR count). The van der Waals surface area contributed by atoms with Crippen LogP contribution in [-0.2, 0) is 0 Å². The van der Waals surface area contributed by atoms with E-state index in [-0.39, 0.29) is 12.4 Å². The van der Waals surface area contributed by atoms with Gasteiger partial charge in [-0.15, -0.1) is 11.8 Å². The Morgan fingerprint density at radius 1 is 1.47 bits per heavy atom. The van der Waals surface area contributed by atoms with Crippen molar-refractivity contribution in [2.45, 2.75) is 22.8 Å². The van der Waals surface area contributed by atoms with Crippen LogP contribution in [0.25, 0.3) is 0 Å². The molecule has 0 spiro atoms. The molecule has 5 N–H and O–H groups in total. The zero-order valence-corrected chi connectivity index (χ0v) is 9.62. The number of hydrogen-bond donors (Lipinski definition) is 4. The number of anilines is 1. The molecule has 7 nitrogen and oxygen atoms in total. The van der Waals surface area contributed by atoms with Crippen molar-refractivity contribution in [3.8, 4) is 0 Å². The Bertz CT molecular complexity index is 466. The van der Waals surface area contributed by atoms with Crippen LogP contribution in [0.3, 0.4) is 0 Å². The van der Waals surface area contributed by atoms with E-state index in [9.17, 15) is 15.0 Å². The summed E-state index contributed by atoms with van der Waals surface area (Å²) < 4.78 is 1.20. The first kappa shape index (κ1) is 12.4. The summed E-state index contributed by atoms with van der Waals surface area (Å²) in [6.07, 6.45) is -0.780. The first-order chi connectivity index (χ1) is 8.04. The molecule has 2 heterocycles. The van der Waals surface area contributed by atoms with E-state index in [1.54, 1.807) is 0 Å². The highest BCUT2D eigenvalue weighted by Crippen LogP contribution is 2.40. The highest BCUT2D eigenvalue weighted by atomic mass is 32.2. The second-order valence-electron chi connectivity index (χ2n) is 3.77. The summed E-state index contributed by atoms with van der Waals surface area (Å²) in [7, 11) is 0. The standard InChI is InChI=1S/C9H13N3O4S/c10-5-1-2-12(9(16)11-5)8-7(15)6(14)4(3-13)17-8/h1-2,4,6-8,13-15H,3H2,(H2,10,11,16)/t4-,6-,7-,8+/m1/s1. The number of aliphatic hydroxyl groups excluding tert-OH is 3. The van der Waals surface area contributed by atoms with E-state index in [2.05, 4.69) is 4.98 Å². The van der Waals surface area contributed by atoms with Crippen molar-refractivity contribution in [1.82, 2.24) is 9.55 Å². The van der Waals surface area contributed by atoms with Gasteiger partial charge in [0.2, 0.25) is 0 Å². The van der Waals surface area contributed by atoms with Crippen LogP contribution >= 0.6 is 11.8 Å². The smallest absolute Gasteiger partial charge is 0.350 e. The molecule has 0 bridgehead atoms. The number of aliphatic hydroxyl groups is 3. The minimum absolute atomic E-state index is 0.1000. The molecule has 1 saturated heterocycles. The molecular weight excluding hydrogens is 246 g/mol. The van der Waals surface area contributed by atoms with Crippen molar-refractivity contribution < 1.29 is 15.3 Å². The molecular formula is C9H13N3O4S. The van der Waals surface area contributed by atoms with E-state index in [1.807, 2.05) is 0 Å². The average molecular weight is 259 g/mol. The van der Waals surface area contributed by atoms with E-state index < -0.39 is 28.5 Å². The van der Waals surface area contributed by atoms with Crippen LogP contribution in [0, 0.1) is 0 Å². The van der Waals surface area contributed by atoms with E-state index in [0.717, 1.165) is 11.8 Å². The Hall–Kier alpha value is -1.09. The lowest BCUT2D eigenvalue weighted by Crippen LogP contribution is -2.36. The monoisotopic (exact) mass is 259 g/mol. The summed E-state index contributed by atoms with van der Waals surface area (Å²) in [4.78, 5) is 15.1. The third-order valence-corrected chi connectivity index (χ3v) is 4.21. The third kappa shape index (κ3) is 2.16. The zero-order valence-electron chi connectivity index (χ0n) is 8.80. The molecule has 1 fully saturated rings. The third-order valence-electron chi connectivity index (χ3n) is 2.64. The molecule has 1 aromatic heterocycles. The maximum absolute atomic E-state index is 11.6. The molecule has 0 saturated carbocycles. The second-order valence-corrected chi connectivity index (χ2v) is 5.13. The van der Waals surface area contributed by atoms with Crippen LogP contribution in [0.1, 0.15) is 5.37 Å². The highest BCUT2D eigenvalue weighted by molar-refractivity contribution is 8.00. The van der Waals surface area contributed by atoms with Gasteiger partial charge >= 0.3 is 5.69 Å². The second kappa shape index (κ2) is 4.65. The van der Waals surface area contributed by atoms with Gasteiger partial charge < -0.3 is 21.1 Å². The number of nitrogens with zero attached hydrogens (tertiary/aromatic N) is 2. The Morgan fingerprint density at radius 3 is 2.71 bits per heavy atom. The summed E-state index contributed by atoms with van der Waals surface area (Å²) in [6.45, 7) is -0.267. The van der Waals surface area contributed by atoms with Gasteiger partial charge in [0.15, 0.2) is 0 Å². The molecule has 1 aliphatic heterocycles. The number of nitrogen functional groups attached to an aromatic ring is 1. The summed E-state index contributed by atoms with van der Waals surface area (Å²) >= 11 is 1.13. The molecule has 17 heavy (non-hydrogen) atoms. The number of hydrogen-bond acceptors (Lipinski definition) is 7. The lowest BCUT2D eigenvalue weighted by Gasteiger charge is -2.17.